The predicted molar refractivity (Wildman–Crippen MR) is 84.0 cm³/mol. The van der Waals surface area contributed by atoms with Crippen LogP contribution in [0.4, 0.5) is 10.1 Å². The molecule has 0 aromatic heterocycles. The molecule has 4 nitrogen and oxygen atoms in total. The van der Waals surface area contributed by atoms with Crippen LogP contribution in [0.2, 0.25) is 0 Å². The fraction of sp³-hybridized carbons (Fsp3) is 0.588. The Morgan fingerprint density at radius 3 is 2.45 bits per heavy atom. The minimum Gasteiger partial charge on any atom is -0.411 e. The van der Waals surface area contributed by atoms with E-state index in [0.29, 0.717) is 17.9 Å². The molecule has 22 heavy (non-hydrogen) atoms. The van der Waals surface area contributed by atoms with Gasteiger partial charge in [-0.3, -0.25) is 4.90 Å². The van der Waals surface area contributed by atoms with E-state index in [2.05, 4.69) is 15.0 Å². The van der Waals surface area contributed by atoms with Crippen molar-refractivity contribution in [3.63, 3.8) is 0 Å². The third-order valence-corrected chi connectivity index (χ3v) is 5.66. The summed E-state index contributed by atoms with van der Waals surface area (Å²) in [4.78, 5) is 4.79. The summed E-state index contributed by atoms with van der Waals surface area (Å²) < 4.78 is 13.0. The summed E-state index contributed by atoms with van der Waals surface area (Å²) in [7, 11) is 0. The normalized spacial score (nSPS) is 33.8. The van der Waals surface area contributed by atoms with E-state index in [1.54, 1.807) is 0 Å². The van der Waals surface area contributed by atoms with Crippen LogP contribution >= 0.6 is 0 Å². The second-order valence-corrected chi connectivity index (χ2v) is 6.74. The number of halogens is 1. The Labute approximate surface area is 130 Å². The zero-order chi connectivity index (χ0) is 15.1. The maximum Gasteiger partial charge on any atom is 0.123 e. The van der Waals surface area contributed by atoms with Crippen LogP contribution in [-0.2, 0) is 0 Å². The highest BCUT2D eigenvalue weighted by atomic mass is 19.1. The molecule has 0 spiro atoms. The molecule has 1 N–H and O–H groups in total. The molecule has 2 aliphatic carbocycles. The second kappa shape index (κ2) is 5.54. The summed E-state index contributed by atoms with van der Waals surface area (Å²) in [5, 5.41) is 13.0. The smallest absolute Gasteiger partial charge is 0.123 e. The van der Waals surface area contributed by atoms with Gasteiger partial charge >= 0.3 is 0 Å². The lowest BCUT2D eigenvalue weighted by molar-refractivity contribution is 0.181. The average molecular weight is 303 g/mol. The van der Waals surface area contributed by atoms with E-state index in [9.17, 15) is 9.60 Å². The van der Waals surface area contributed by atoms with Crippen molar-refractivity contribution in [3.8, 4) is 0 Å². The molecule has 1 saturated heterocycles. The lowest BCUT2D eigenvalue weighted by atomic mass is 9.91. The Balaban J connectivity index is 1.43. The molecule has 1 aromatic carbocycles. The molecule has 0 amide bonds. The van der Waals surface area contributed by atoms with Gasteiger partial charge in [0.05, 0.1) is 11.8 Å². The van der Waals surface area contributed by atoms with Crippen LogP contribution in [-0.4, -0.2) is 48.0 Å². The average Bonchev–Trinajstić information content (AvgIpc) is 3.16. The first-order valence-corrected chi connectivity index (χ1v) is 8.22. The van der Waals surface area contributed by atoms with Crippen LogP contribution < -0.4 is 4.90 Å². The van der Waals surface area contributed by atoms with Crippen LogP contribution in [0.15, 0.2) is 29.4 Å². The van der Waals surface area contributed by atoms with Crippen molar-refractivity contribution >= 4 is 11.4 Å². The summed E-state index contributed by atoms with van der Waals surface area (Å²) in [6.45, 7) is 3.84. The maximum atomic E-state index is 13.0. The Bertz CT molecular complexity index is 566. The molecule has 1 aromatic rings. The molecule has 3 atom stereocenters. The molecular weight excluding hydrogens is 281 g/mol. The number of oxime groups is 1. The summed E-state index contributed by atoms with van der Waals surface area (Å²) in [5.41, 5.74) is 2.11. The van der Waals surface area contributed by atoms with Gasteiger partial charge in [0.1, 0.15) is 5.82 Å². The number of nitrogens with zero attached hydrogens (tertiary/aromatic N) is 3. The molecular formula is C17H22FN3O. The van der Waals surface area contributed by atoms with Crippen LogP contribution in [0, 0.1) is 17.7 Å². The van der Waals surface area contributed by atoms with E-state index >= 15 is 0 Å². The highest BCUT2D eigenvalue weighted by molar-refractivity contribution is 5.94. The fourth-order valence-electron chi connectivity index (χ4n) is 4.59. The molecule has 3 aliphatic rings. The first-order valence-electron chi connectivity index (χ1n) is 8.22. The van der Waals surface area contributed by atoms with E-state index in [4.69, 9.17) is 0 Å². The van der Waals surface area contributed by atoms with Crippen molar-refractivity contribution in [2.45, 2.75) is 25.3 Å². The van der Waals surface area contributed by atoms with Gasteiger partial charge in [-0.05, 0) is 49.4 Å². The lowest BCUT2D eigenvalue weighted by Crippen LogP contribution is -2.54. The Hall–Kier alpha value is -1.62. The molecule has 1 aliphatic heterocycles. The van der Waals surface area contributed by atoms with Crippen LogP contribution in [0.25, 0.3) is 0 Å². The van der Waals surface area contributed by atoms with Gasteiger partial charge in [0.15, 0.2) is 0 Å². The van der Waals surface area contributed by atoms with Crippen molar-refractivity contribution in [1.82, 2.24) is 4.90 Å². The van der Waals surface area contributed by atoms with Crippen molar-refractivity contribution < 1.29 is 9.60 Å². The van der Waals surface area contributed by atoms with Crippen molar-refractivity contribution in [3.05, 3.63) is 30.1 Å². The first kappa shape index (κ1) is 14.0. The molecule has 4 rings (SSSR count). The van der Waals surface area contributed by atoms with E-state index in [-0.39, 0.29) is 5.82 Å². The van der Waals surface area contributed by atoms with Gasteiger partial charge < -0.3 is 10.1 Å². The van der Waals surface area contributed by atoms with Gasteiger partial charge in [0.25, 0.3) is 0 Å². The maximum absolute atomic E-state index is 13.0. The van der Waals surface area contributed by atoms with Crippen molar-refractivity contribution in [2.75, 3.05) is 31.1 Å². The minimum absolute atomic E-state index is 0.187. The largest absolute Gasteiger partial charge is 0.411 e. The minimum atomic E-state index is -0.187. The number of hydrogen-bond donors (Lipinski definition) is 1. The standard InChI is InChI=1S/C17H22FN3O/c18-14-3-5-15(6-4-14)20-7-9-21(10-8-20)17-13-2-1-12(11-13)16(17)19-22/h3-6,12-13,17,22H,1-2,7-11H2/b19-16+/t12-,13+,17-/m0/s1. The molecule has 2 bridgehead atoms. The Morgan fingerprint density at radius 1 is 1.05 bits per heavy atom. The monoisotopic (exact) mass is 303 g/mol. The molecule has 0 unspecified atom stereocenters. The van der Waals surface area contributed by atoms with Gasteiger partial charge in [-0.15, -0.1) is 0 Å². The zero-order valence-corrected chi connectivity index (χ0v) is 12.7. The zero-order valence-electron chi connectivity index (χ0n) is 12.7. The van der Waals surface area contributed by atoms with E-state index in [1.807, 2.05) is 12.1 Å². The van der Waals surface area contributed by atoms with Gasteiger partial charge in [0.2, 0.25) is 0 Å². The quantitative estimate of drug-likeness (QED) is 0.674. The summed E-state index contributed by atoms with van der Waals surface area (Å²) in [6.07, 6.45) is 3.66. The molecule has 2 saturated carbocycles. The highest BCUT2D eigenvalue weighted by Gasteiger charge is 2.48. The van der Waals surface area contributed by atoms with Gasteiger partial charge in [-0.2, -0.15) is 0 Å². The van der Waals surface area contributed by atoms with Crippen molar-refractivity contribution in [2.24, 2.45) is 17.0 Å². The fourth-order valence-corrected chi connectivity index (χ4v) is 4.59. The van der Waals surface area contributed by atoms with Crippen molar-refractivity contribution in [1.29, 1.82) is 0 Å². The third-order valence-electron chi connectivity index (χ3n) is 5.66. The van der Waals surface area contributed by atoms with Gasteiger partial charge in [0, 0.05) is 37.8 Å². The predicted octanol–water partition coefficient (Wildman–Crippen LogP) is 2.58. The summed E-state index contributed by atoms with van der Waals surface area (Å²) in [6, 6.07) is 7.09. The van der Waals surface area contributed by atoms with E-state index < -0.39 is 0 Å². The molecule has 3 fully saturated rings. The second-order valence-electron chi connectivity index (χ2n) is 6.74. The molecule has 5 heteroatoms. The van der Waals surface area contributed by atoms with E-state index in [1.165, 1.54) is 31.4 Å². The molecule has 1 heterocycles. The third kappa shape index (κ3) is 2.28. The number of rotatable bonds is 2. The lowest BCUT2D eigenvalue weighted by Gasteiger charge is -2.41. The molecule has 0 radical (unpaired) electrons. The molecule has 118 valence electrons. The SMILES string of the molecule is O/N=C1\[C@H]2CC[C@H](C2)[C@@H]1N1CCN(c2ccc(F)cc2)CC1. The van der Waals surface area contributed by atoms with E-state index in [0.717, 1.165) is 37.6 Å². The Kier molecular flexibility index (Phi) is 3.53. The number of benzene rings is 1. The number of piperazine rings is 1. The van der Waals surface area contributed by atoms with Gasteiger partial charge in [-0.25, -0.2) is 4.39 Å². The highest BCUT2D eigenvalue weighted by Crippen LogP contribution is 2.45. The topological polar surface area (TPSA) is 39.1 Å². The number of anilines is 1. The van der Waals surface area contributed by atoms with Crippen LogP contribution in [0.3, 0.4) is 0 Å². The summed E-state index contributed by atoms with van der Waals surface area (Å²) >= 11 is 0. The van der Waals surface area contributed by atoms with Crippen LogP contribution in [0.5, 0.6) is 0 Å². The summed E-state index contributed by atoms with van der Waals surface area (Å²) in [5.74, 6) is 0.997. The Morgan fingerprint density at radius 2 is 1.77 bits per heavy atom. The number of hydrogen-bond acceptors (Lipinski definition) is 4. The van der Waals surface area contributed by atoms with Gasteiger partial charge in [-0.1, -0.05) is 5.16 Å². The first-order chi connectivity index (χ1) is 10.8. The number of fused-ring (bicyclic) bond motifs is 2. The van der Waals surface area contributed by atoms with Crippen LogP contribution in [0.1, 0.15) is 19.3 Å².